The second kappa shape index (κ2) is 8.41. The summed E-state index contributed by atoms with van der Waals surface area (Å²) in [5.74, 6) is -0.705. The molecule has 2 amide bonds. The van der Waals surface area contributed by atoms with Crippen LogP contribution in [0.5, 0.6) is 0 Å². The molecule has 25 heavy (non-hydrogen) atoms. The van der Waals surface area contributed by atoms with Gasteiger partial charge in [0.1, 0.15) is 5.82 Å². The van der Waals surface area contributed by atoms with Crippen LogP contribution < -0.4 is 10.6 Å². The number of nitrogens with one attached hydrogen (secondary N) is 2. The van der Waals surface area contributed by atoms with Gasteiger partial charge < -0.3 is 10.6 Å². The molecule has 2 rings (SSSR count). The third kappa shape index (κ3) is 4.65. The summed E-state index contributed by atoms with van der Waals surface area (Å²) in [6, 6.07) is 5.94. The van der Waals surface area contributed by atoms with Crippen molar-refractivity contribution in [3.63, 3.8) is 0 Å². The number of amides is 2. The molecule has 0 radical (unpaired) electrons. The predicted molar refractivity (Wildman–Crippen MR) is 93.1 cm³/mol. The van der Waals surface area contributed by atoms with Gasteiger partial charge >= 0.3 is 0 Å². The average molecular weight is 346 g/mol. The van der Waals surface area contributed by atoms with Gasteiger partial charge in [-0.05, 0) is 30.7 Å². The fourth-order valence-electron chi connectivity index (χ4n) is 2.37. The van der Waals surface area contributed by atoms with Crippen LogP contribution >= 0.6 is 0 Å². The summed E-state index contributed by atoms with van der Waals surface area (Å²) in [5, 5.41) is 9.77. The zero-order valence-corrected chi connectivity index (χ0v) is 14.7. The first-order valence-electron chi connectivity index (χ1n) is 8.32. The van der Waals surface area contributed by atoms with Crippen molar-refractivity contribution >= 4 is 11.8 Å². The van der Waals surface area contributed by atoms with Crippen molar-refractivity contribution in [1.29, 1.82) is 0 Å². The summed E-state index contributed by atoms with van der Waals surface area (Å²) in [5.41, 5.74) is 1.92. The van der Waals surface area contributed by atoms with Crippen molar-refractivity contribution in [2.45, 2.75) is 27.2 Å². The van der Waals surface area contributed by atoms with E-state index in [1.807, 2.05) is 20.8 Å². The third-order valence-electron chi connectivity index (χ3n) is 3.75. The van der Waals surface area contributed by atoms with Crippen LogP contribution in [0.4, 0.5) is 4.39 Å². The van der Waals surface area contributed by atoms with Crippen molar-refractivity contribution in [3.05, 3.63) is 47.5 Å². The number of aromatic nitrogens is 2. The minimum atomic E-state index is -0.324. The molecule has 0 unspecified atom stereocenters. The van der Waals surface area contributed by atoms with E-state index >= 15 is 0 Å². The standard InChI is InChI=1S/C18H23FN4O2/c1-4-16-15(18(25)21-10-9-20-17(24)12(2)3)11-22-23(16)14-7-5-13(19)6-8-14/h5-8,11-12H,4,9-10H2,1-3H3,(H,20,24)(H,21,25). The number of carbonyl (C=O) groups is 2. The zero-order chi connectivity index (χ0) is 18.4. The highest BCUT2D eigenvalue weighted by molar-refractivity contribution is 5.95. The first kappa shape index (κ1) is 18.6. The van der Waals surface area contributed by atoms with E-state index in [-0.39, 0.29) is 23.5 Å². The van der Waals surface area contributed by atoms with E-state index < -0.39 is 0 Å². The topological polar surface area (TPSA) is 76.0 Å². The Balaban J connectivity index is 2.03. The quantitative estimate of drug-likeness (QED) is 0.754. The lowest BCUT2D eigenvalue weighted by Gasteiger charge is -2.10. The highest BCUT2D eigenvalue weighted by Crippen LogP contribution is 2.16. The molecule has 0 saturated heterocycles. The summed E-state index contributed by atoms with van der Waals surface area (Å²) in [4.78, 5) is 23.8. The van der Waals surface area contributed by atoms with E-state index in [4.69, 9.17) is 0 Å². The van der Waals surface area contributed by atoms with Crippen molar-refractivity contribution in [3.8, 4) is 5.69 Å². The molecule has 0 aliphatic heterocycles. The van der Waals surface area contributed by atoms with Crippen molar-refractivity contribution < 1.29 is 14.0 Å². The maximum atomic E-state index is 13.1. The fraction of sp³-hybridized carbons (Fsp3) is 0.389. The number of hydrogen-bond acceptors (Lipinski definition) is 3. The number of carbonyl (C=O) groups excluding carboxylic acids is 2. The van der Waals surface area contributed by atoms with E-state index in [2.05, 4.69) is 15.7 Å². The third-order valence-corrected chi connectivity index (χ3v) is 3.75. The highest BCUT2D eigenvalue weighted by Gasteiger charge is 2.17. The minimum Gasteiger partial charge on any atom is -0.354 e. The average Bonchev–Trinajstić information content (AvgIpc) is 3.02. The minimum absolute atomic E-state index is 0.0485. The summed E-state index contributed by atoms with van der Waals surface area (Å²) in [7, 11) is 0. The van der Waals surface area contributed by atoms with Gasteiger partial charge in [-0.1, -0.05) is 20.8 Å². The SMILES string of the molecule is CCc1c(C(=O)NCCNC(=O)C(C)C)cnn1-c1ccc(F)cc1. The van der Waals surface area contributed by atoms with Gasteiger partial charge in [0.05, 0.1) is 23.1 Å². The molecular weight excluding hydrogens is 323 g/mol. The van der Waals surface area contributed by atoms with Gasteiger partial charge in [0, 0.05) is 19.0 Å². The van der Waals surface area contributed by atoms with Crippen LogP contribution in [-0.4, -0.2) is 34.7 Å². The monoisotopic (exact) mass is 346 g/mol. The van der Waals surface area contributed by atoms with Crippen LogP contribution in [0.2, 0.25) is 0 Å². The van der Waals surface area contributed by atoms with Gasteiger partial charge in [0.15, 0.2) is 0 Å². The number of halogens is 1. The lowest BCUT2D eigenvalue weighted by Crippen LogP contribution is -2.36. The van der Waals surface area contributed by atoms with Crippen molar-refractivity contribution in [1.82, 2.24) is 20.4 Å². The Morgan fingerprint density at radius 1 is 1.16 bits per heavy atom. The number of rotatable bonds is 7. The molecule has 2 aromatic rings. The van der Waals surface area contributed by atoms with E-state index in [0.29, 0.717) is 30.8 Å². The first-order chi connectivity index (χ1) is 11.9. The molecule has 1 aromatic heterocycles. The summed E-state index contributed by atoms with van der Waals surface area (Å²) in [6.45, 7) is 6.26. The van der Waals surface area contributed by atoms with E-state index in [9.17, 15) is 14.0 Å². The molecule has 0 aliphatic rings. The molecule has 0 fully saturated rings. The smallest absolute Gasteiger partial charge is 0.254 e. The highest BCUT2D eigenvalue weighted by atomic mass is 19.1. The van der Waals surface area contributed by atoms with Crippen molar-refractivity contribution in [2.75, 3.05) is 13.1 Å². The summed E-state index contributed by atoms with van der Waals surface area (Å²) in [6.07, 6.45) is 2.11. The number of nitrogens with zero attached hydrogens (tertiary/aromatic N) is 2. The van der Waals surface area contributed by atoms with Gasteiger partial charge in [0.25, 0.3) is 5.91 Å². The molecule has 6 nitrogen and oxygen atoms in total. The normalized spacial score (nSPS) is 10.8. The lowest BCUT2D eigenvalue weighted by atomic mass is 10.2. The number of hydrogen-bond donors (Lipinski definition) is 2. The van der Waals surface area contributed by atoms with Crippen LogP contribution in [0.1, 0.15) is 36.8 Å². The lowest BCUT2D eigenvalue weighted by molar-refractivity contribution is -0.123. The zero-order valence-electron chi connectivity index (χ0n) is 14.7. The summed E-state index contributed by atoms with van der Waals surface area (Å²) >= 11 is 0. The molecule has 1 aromatic carbocycles. The van der Waals surface area contributed by atoms with E-state index in [1.165, 1.54) is 18.3 Å². The second-order valence-corrected chi connectivity index (χ2v) is 5.95. The summed E-state index contributed by atoms with van der Waals surface area (Å²) < 4.78 is 14.7. The first-order valence-corrected chi connectivity index (χ1v) is 8.32. The van der Waals surface area contributed by atoms with E-state index in [0.717, 1.165) is 5.69 Å². The maximum Gasteiger partial charge on any atom is 0.254 e. The fourth-order valence-corrected chi connectivity index (χ4v) is 2.37. The van der Waals surface area contributed by atoms with Crippen molar-refractivity contribution in [2.24, 2.45) is 5.92 Å². The molecule has 0 bridgehead atoms. The van der Waals surface area contributed by atoms with Crippen LogP contribution in [0.3, 0.4) is 0 Å². The Labute approximate surface area is 146 Å². The molecule has 134 valence electrons. The Hall–Kier alpha value is -2.70. The van der Waals surface area contributed by atoms with Crippen LogP contribution in [-0.2, 0) is 11.2 Å². The molecule has 0 spiro atoms. The molecule has 1 heterocycles. The van der Waals surface area contributed by atoms with Gasteiger partial charge in [0.2, 0.25) is 5.91 Å². The molecule has 2 N–H and O–H groups in total. The van der Waals surface area contributed by atoms with Crippen LogP contribution in [0.25, 0.3) is 5.69 Å². The van der Waals surface area contributed by atoms with E-state index in [1.54, 1.807) is 16.8 Å². The molecule has 0 aliphatic carbocycles. The van der Waals surface area contributed by atoms with Gasteiger partial charge in [-0.25, -0.2) is 9.07 Å². The Morgan fingerprint density at radius 3 is 2.40 bits per heavy atom. The number of benzene rings is 1. The Kier molecular flexibility index (Phi) is 6.27. The molecular formula is C18H23FN4O2. The van der Waals surface area contributed by atoms with Gasteiger partial charge in [-0.3, -0.25) is 9.59 Å². The van der Waals surface area contributed by atoms with Crippen LogP contribution in [0.15, 0.2) is 30.5 Å². The molecule has 0 atom stereocenters. The maximum absolute atomic E-state index is 13.1. The molecule has 0 saturated carbocycles. The second-order valence-electron chi connectivity index (χ2n) is 5.95. The van der Waals surface area contributed by atoms with Crippen LogP contribution in [0, 0.1) is 11.7 Å². The van der Waals surface area contributed by atoms with Gasteiger partial charge in [-0.15, -0.1) is 0 Å². The predicted octanol–water partition coefficient (Wildman–Crippen LogP) is 2.08. The van der Waals surface area contributed by atoms with Gasteiger partial charge in [-0.2, -0.15) is 5.10 Å². The molecule has 7 heteroatoms. The Bertz CT molecular complexity index is 738. The Morgan fingerprint density at radius 2 is 1.80 bits per heavy atom. The largest absolute Gasteiger partial charge is 0.354 e.